The first kappa shape index (κ1) is 24.1. The van der Waals surface area contributed by atoms with Crippen LogP contribution in [-0.2, 0) is 17.9 Å². The Hall–Kier alpha value is -4.59. The van der Waals surface area contributed by atoms with E-state index in [1.807, 2.05) is 54.6 Å². The molecule has 1 atom stereocenters. The third-order valence-electron chi connectivity index (χ3n) is 6.65. The number of methoxy groups -OCH3 is 2. The van der Waals surface area contributed by atoms with Gasteiger partial charge in [0.15, 0.2) is 0 Å². The quantitative estimate of drug-likeness (QED) is 0.412. The molecule has 1 aliphatic rings. The van der Waals surface area contributed by atoms with Gasteiger partial charge in [0, 0.05) is 17.8 Å². The molecule has 2 amide bonds. The normalized spacial score (nSPS) is 16.7. The zero-order valence-electron chi connectivity index (χ0n) is 21.0. The van der Waals surface area contributed by atoms with Crippen LogP contribution >= 0.6 is 0 Å². The van der Waals surface area contributed by atoms with Gasteiger partial charge in [-0.2, -0.15) is 5.10 Å². The summed E-state index contributed by atoms with van der Waals surface area (Å²) in [5.74, 6) is 0.820. The predicted molar refractivity (Wildman–Crippen MR) is 141 cm³/mol. The second-order valence-electron chi connectivity index (χ2n) is 9.08. The van der Waals surface area contributed by atoms with E-state index < -0.39 is 5.54 Å². The summed E-state index contributed by atoms with van der Waals surface area (Å²) in [7, 11) is 3.20. The predicted octanol–water partition coefficient (Wildman–Crippen LogP) is 4.30. The molecule has 0 radical (unpaired) electrons. The standard InChI is InChI=1S/C29H28N4O4/c1-29(28(35)30-18-20-7-5-4-6-8-20)19-32-26(17-25(31-32)21-9-13-23(36-2)14-10-21)27(34)33(29)22-11-15-24(37-3)16-12-22/h4-17H,18-19H2,1-3H3,(H,30,35)/t29-/m1/s1. The molecule has 0 aliphatic carbocycles. The summed E-state index contributed by atoms with van der Waals surface area (Å²) in [6, 6.07) is 26.0. The second kappa shape index (κ2) is 9.81. The van der Waals surface area contributed by atoms with Crippen molar-refractivity contribution in [3.63, 3.8) is 0 Å². The van der Waals surface area contributed by atoms with Gasteiger partial charge in [-0.05, 0) is 67.1 Å². The van der Waals surface area contributed by atoms with Crippen LogP contribution in [0, 0.1) is 0 Å². The van der Waals surface area contributed by atoms with Crippen molar-refractivity contribution in [2.45, 2.75) is 25.6 Å². The molecule has 0 saturated carbocycles. The number of nitrogens with one attached hydrogen (secondary N) is 1. The van der Waals surface area contributed by atoms with Gasteiger partial charge >= 0.3 is 0 Å². The molecule has 37 heavy (non-hydrogen) atoms. The number of hydrogen-bond donors (Lipinski definition) is 1. The number of carbonyl (C=O) groups excluding carboxylic acids is 2. The lowest BCUT2D eigenvalue weighted by atomic mass is 9.93. The van der Waals surface area contributed by atoms with E-state index in [1.54, 1.807) is 61.1 Å². The summed E-state index contributed by atoms with van der Waals surface area (Å²) < 4.78 is 12.2. The molecular weight excluding hydrogens is 468 g/mol. The van der Waals surface area contributed by atoms with Crippen LogP contribution in [0.2, 0.25) is 0 Å². The average molecular weight is 497 g/mol. The molecule has 0 spiro atoms. The Morgan fingerprint density at radius 3 is 2.19 bits per heavy atom. The molecule has 1 N–H and O–H groups in total. The van der Waals surface area contributed by atoms with Crippen molar-refractivity contribution in [1.29, 1.82) is 0 Å². The molecule has 3 aromatic carbocycles. The SMILES string of the molecule is COc1ccc(-c2cc3n(n2)C[C@](C)(C(=O)NCc2ccccc2)N(c2ccc(OC)cc2)C3=O)cc1. The highest BCUT2D eigenvalue weighted by Gasteiger charge is 2.48. The molecule has 188 valence electrons. The fourth-order valence-electron chi connectivity index (χ4n) is 4.59. The highest BCUT2D eigenvalue weighted by atomic mass is 16.5. The molecule has 1 aromatic heterocycles. The molecule has 2 heterocycles. The largest absolute Gasteiger partial charge is 0.497 e. The third kappa shape index (κ3) is 4.53. The Kier molecular flexibility index (Phi) is 6.40. The monoisotopic (exact) mass is 496 g/mol. The Labute approximate surface area is 215 Å². The Bertz CT molecular complexity index is 1410. The van der Waals surface area contributed by atoms with Gasteiger partial charge in [-0.1, -0.05) is 30.3 Å². The fourth-order valence-corrected chi connectivity index (χ4v) is 4.59. The number of amides is 2. The van der Waals surface area contributed by atoms with E-state index >= 15 is 0 Å². The first-order valence-electron chi connectivity index (χ1n) is 12.0. The maximum Gasteiger partial charge on any atom is 0.277 e. The van der Waals surface area contributed by atoms with Crippen molar-refractivity contribution in [1.82, 2.24) is 15.1 Å². The zero-order valence-corrected chi connectivity index (χ0v) is 21.0. The molecular formula is C29H28N4O4. The van der Waals surface area contributed by atoms with Crippen LogP contribution in [-0.4, -0.2) is 41.4 Å². The molecule has 4 aromatic rings. The highest BCUT2D eigenvalue weighted by molar-refractivity contribution is 6.12. The molecule has 0 saturated heterocycles. The lowest BCUT2D eigenvalue weighted by molar-refractivity contribution is -0.126. The van der Waals surface area contributed by atoms with Crippen LogP contribution in [0.15, 0.2) is 84.9 Å². The molecule has 0 unspecified atom stereocenters. The van der Waals surface area contributed by atoms with Gasteiger partial charge in [0.05, 0.1) is 26.5 Å². The van der Waals surface area contributed by atoms with Crippen LogP contribution in [0.3, 0.4) is 0 Å². The molecule has 1 aliphatic heterocycles. The third-order valence-corrected chi connectivity index (χ3v) is 6.65. The van der Waals surface area contributed by atoms with Gasteiger partial charge in [-0.25, -0.2) is 0 Å². The van der Waals surface area contributed by atoms with E-state index in [2.05, 4.69) is 5.32 Å². The number of aromatic nitrogens is 2. The van der Waals surface area contributed by atoms with E-state index in [-0.39, 0.29) is 18.4 Å². The van der Waals surface area contributed by atoms with Crippen molar-refractivity contribution in [3.05, 3.63) is 96.2 Å². The molecule has 5 rings (SSSR count). The van der Waals surface area contributed by atoms with Gasteiger partial charge in [-0.3, -0.25) is 19.2 Å². The van der Waals surface area contributed by atoms with Gasteiger partial charge in [0.1, 0.15) is 22.7 Å². The number of rotatable bonds is 7. The van der Waals surface area contributed by atoms with E-state index in [0.717, 1.165) is 16.9 Å². The maximum atomic E-state index is 13.9. The zero-order chi connectivity index (χ0) is 26.0. The maximum absolute atomic E-state index is 13.9. The average Bonchev–Trinajstić information content (AvgIpc) is 3.36. The van der Waals surface area contributed by atoms with Gasteiger partial charge in [0.2, 0.25) is 5.91 Å². The number of ether oxygens (including phenoxy) is 2. The van der Waals surface area contributed by atoms with E-state index in [0.29, 0.717) is 29.4 Å². The number of nitrogens with zero attached hydrogens (tertiary/aromatic N) is 3. The number of anilines is 1. The lowest BCUT2D eigenvalue weighted by Gasteiger charge is -2.43. The van der Waals surface area contributed by atoms with Gasteiger partial charge < -0.3 is 14.8 Å². The lowest BCUT2D eigenvalue weighted by Crippen LogP contribution is -2.64. The van der Waals surface area contributed by atoms with Crippen molar-refractivity contribution in [3.8, 4) is 22.8 Å². The molecule has 0 bridgehead atoms. The van der Waals surface area contributed by atoms with Crippen LogP contribution < -0.4 is 19.7 Å². The minimum Gasteiger partial charge on any atom is -0.497 e. The number of hydrogen-bond acceptors (Lipinski definition) is 5. The van der Waals surface area contributed by atoms with E-state index in [4.69, 9.17) is 14.6 Å². The summed E-state index contributed by atoms with van der Waals surface area (Å²) in [6.45, 7) is 2.31. The number of benzene rings is 3. The van der Waals surface area contributed by atoms with Crippen molar-refractivity contribution >= 4 is 17.5 Å². The summed E-state index contributed by atoms with van der Waals surface area (Å²) in [4.78, 5) is 29.2. The first-order valence-corrected chi connectivity index (χ1v) is 12.0. The summed E-state index contributed by atoms with van der Waals surface area (Å²) in [6.07, 6.45) is 0. The van der Waals surface area contributed by atoms with Gasteiger partial charge in [0.25, 0.3) is 5.91 Å². The molecule has 0 fully saturated rings. The fraction of sp³-hybridized carbons (Fsp3) is 0.207. The molecule has 8 heteroatoms. The van der Waals surface area contributed by atoms with Crippen molar-refractivity contribution < 1.29 is 19.1 Å². The highest BCUT2D eigenvalue weighted by Crippen LogP contribution is 2.35. The van der Waals surface area contributed by atoms with Crippen LogP contribution in [0.4, 0.5) is 5.69 Å². The van der Waals surface area contributed by atoms with Gasteiger partial charge in [-0.15, -0.1) is 0 Å². The molecule has 8 nitrogen and oxygen atoms in total. The number of carbonyl (C=O) groups is 2. The van der Waals surface area contributed by atoms with Crippen LogP contribution in [0.5, 0.6) is 11.5 Å². The topological polar surface area (TPSA) is 85.7 Å². The van der Waals surface area contributed by atoms with E-state index in [1.165, 1.54) is 0 Å². The second-order valence-corrected chi connectivity index (χ2v) is 9.08. The summed E-state index contributed by atoms with van der Waals surface area (Å²) >= 11 is 0. The first-order chi connectivity index (χ1) is 17.9. The minimum atomic E-state index is -1.23. The smallest absolute Gasteiger partial charge is 0.277 e. The van der Waals surface area contributed by atoms with E-state index in [9.17, 15) is 9.59 Å². The summed E-state index contributed by atoms with van der Waals surface area (Å²) in [5.41, 5.74) is 2.25. The summed E-state index contributed by atoms with van der Waals surface area (Å²) in [5, 5.41) is 7.73. The Balaban J connectivity index is 1.53. The van der Waals surface area contributed by atoms with Crippen LogP contribution in [0.1, 0.15) is 23.0 Å². The van der Waals surface area contributed by atoms with Crippen molar-refractivity contribution in [2.24, 2.45) is 0 Å². The Morgan fingerprint density at radius 1 is 0.946 bits per heavy atom. The van der Waals surface area contributed by atoms with Crippen LogP contribution in [0.25, 0.3) is 11.3 Å². The Morgan fingerprint density at radius 2 is 1.57 bits per heavy atom. The minimum absolute atomic E-state index is 0.191. The number of fused-ring (bicyclic) bond motifs is 1. The van der Waals surface area contributed by atoms with Crippen molar-refractivity contribution in [2.75, 3.05) is 19.1 Å².